The molecule has 102 valence electrons. The zero-order chi connectivity index (χ0) is 13.9. The maximum atomic E-state index is 6.03. The van der Waals surface area contributed by atoms with E-state index < -0.39 is 0 Å². The van der Waals surface area contributed by atoms with E-state index in [9.17, 15) is 0 Å². The van der Waals surface area contributed by atoms with Gasteiger partial charge in [0.25, 0.3) is 5.89 Å². The average molecular weight is 287 g/mol. The van der Waals surface area contributed by atoms with E-state index >= 15 is 0 Å². The smallest absolute Gasteiger partial charge is 0.283 e. The molecule has 0 aliphatic heterocycles. The van der Waals surface area contributed by atoms with Crippen LogP contribution < -0.4 is 5.73 Å². The summed E-state index contributed by atoms with van der Waals surface area (Å²) in [5.74, 6) is 2.08. The molecular formula is C14H13N3O2S. The summed E-state index contributed by atoms with van der Waals surface area (Å²) in [7, 11) is 0. The van der Waals surface area contributed by atoms with Crippen LogP contribution in [0.5, 0.6) is 0 Å². The van der Waals surface area contributed by atoms with Crippen LogP contribution in [0, 0.1) is 6.92 Å². The molecule has 0 saturated carbocycles. The number of aryl methyl sites for hydroxylation is 1. The summed E-state index contributed by atoms with van der Waals surface area (Å²) in [5, 5.41) is 7.96. The van der Waals surface area contributed by atoms with E-state index in [1.54, 1.807) is 30.2 Å². The van der Waals surface area contributed by atoms with E-state index in [-0.39, 0.29) is 0 Å². The predicted octanol–water partition coefficient (Wildman–Crippen LogP) is 3.51. The largest absolute Gasteiger partial charge is 0.459 e. The van der Waals surface area contributed by atoms with Gasteiger partial charge in [0.2, 0.25) is 5.89 Å². The van der Waals surface area contributed by atoms with Gasteiger partial charge >= 0.3 is 0 Å². The first-order valence-electron chi connectivity index (χ1n) is 6.08. The lowest BCUT2D eigenvalue weighted by molar-refractivity contribution is 0.494. The predicted molar refractivity (Wildman–Crippen MR) is 77.2 cm³/mol. The minimum absolute atomic E-state index is 0.391. The fourth-order valence-corrected chi connectivity index (χ4v) is 2.62. The molecule has 5 nitrogen and oxygen atoms in total. The van der Waals surface area contributed by atoms with Crippen molar-refractivity contribution in [1.82, 2.24) is 10.2 Å². The number of nitrogens with zero attached hydrogens (tertiary/aromatic N) is 2. The first kappa shape index (κ1) is 12.8. The van der Waals surface area contributed by atoms with Gasteiger partial charge in [0.15, 0.2) is 5.76 Å². The molecule has 1 aromatic carbocycles. The van der Waals surface area contributed by atoms with Crippen LogP contribution in [0.3, 0.4) is 0 Å². The highest BCUT2D eigenvalue weighted by Crippen LogP contribution is 2.30. The normalized spacial score (nSPS) is 10.8. The molecule has 0 aliphatic rings. The first-order valence-corrected chi connectivity index (χ1v) is 7.07. The van der Waals surface area contributed by atoms with Gasteiger partial charge in [-0.25, -0.2) is 0 Å². The molecule has 0 atom stereocenters. The van der Waals surface area contributed by atoms with E-state index in [4.69, 9.17) is 14.6 Å². The summed E-state index contributed by atoms with van der Waals surface area (Å²) in [6.07, 6.45) is 1.57. The lowest BCUT2D eigenvalue weighted by Gasteiger charge is -2.05. The van der Waals surface area contributed by atoms with Gasteiger partial charge in [0, 0.05) is 10.6 Å². The molecule has 20 heavy (non-hydrogen) atoms. The third-order valence-electron chi connectivity index (χ3n) is 2.83. The van der Waals surface area contributed by atoms with Gasteiger partial charge in [0.1, 0.15) is 0 Å². The quantitative estimate of drug-likeness (QED) is 0.584. The van der Waals surface area contributed by atoms with Gasteiger partial charge < -0.3 is 14.6 Å². The molecule has 0 bridgehead atoms. The Balaban J connectivity index is 1.71. The summed E-state index contributed by atoms with van der Waals surface area (Å²) in [6.45, 7) is 1.99. The Kier molecular flexibility index (Phi) is 3.47. The van der Waals surface area contributed by atoms with Crippen molar-refractivity contribution in [2.75, 3.05) is 5.73 Å². The Morgan fingerprint density at radius 3 is 2.90 bits per heavy atom. The monoisotopic (exact) mass is 287 g/mol. The minimum Gasteiger partial charge on any atom is -0.459 e. The van der Waals surface area contributed by atoms with Crippen LogP contribution in [0.4, 0.5) is 5.69 Å². The molecule has 2 N–H and O–H groups in total. The molecule has 0 saturated heterocycles. The van der Waals surface area contributed by atoms with Crippen LogP contribution in [0.1, 0.15) is 11.5 Å². The van der Waals surface area contributed by atoms with E-state index in [0.717, 1.165) is 16.1 Å². The van der Waals surface area contributed by atoms with Gasteiger partial charge in [-0.05, 0) is 30.7 Å². The Bertz CT molecular complexity index is 707. The molecule has 3 rings (SSSR count). The number of para-hydroxylation sites is 1. The second kappa shape index (κ2) is 5.42. The fraction of sp³-hybridized carbons (Fsp3) is 0.143. The average Bonchev–Trinajstić information content (AvgIpc) is 3.10. The molecule has 0 radical (unpaired) electrons. The molecular weight excluding hydrogens is 274 g/mol. The van der Waals surface area contributed by atoms with Crippen molar-refractivity contribution in [3.8, 4) is 11.7 Å². The van der Waals surface area contributed by atoms with Gasteiger partial charge in [-0.1, -0.05) is 12.1 Å². The Hall–Kier alpha value is -2.21. The fourth-order valence-electron chi connectivity index (χ4n) is 1.73. The number of benzene rings is 1. The summed E-state index contributed by atoms with van der Waals surface area (Å²) >= 11 is 1.57. The number of nitrogens with two attached hydrogens (primary N) is 1. The van der Waals surface area contributed by atoms with Crippen LogP contribution in [0.2, 0.25) is 0 Å². The van der Waals surface area contributed by atoms with Crippen molar-refractivity contribution < 1.29 is 8.83 Å². The molecule has 6 heteroatoms. The summed E-state index contributed by atoms with van der Waals surface area (Å²) in [4.78, 5) is 1.02. The second-order valence-electron chi connectivity index (χ2n) is 4.25. The van der Waals surface area contributed by atoms with E-state index in [1.165, 1.54) is 0 Å². The number of nitrogen functional groups attached to an aromatic ring is 1. The molecule has 0 aliphatic carbocycles. The minimum atomic E-state index is 0.391. The summed E-state index contributed by atoms with van der Waals surface area (Å²) in [5.41, 5.74) is 7.89. The number of thioether (sulfide) groups is 1. The van der Waals surface area contributed by atoms with Crippen molar-refractivity contribution in [3.63, 3.8) is 0 Å². The van der Waals surface area contributed by atoms with Crippen LogP contribution in [0.25, 0.3) is 11.7 Å². The highest BCUT2D eigenvalue weighted by atomic mass is 32.2. The lowest BCUT2D eigenvalue weighted by atomic mass is 10.2. The summed E-state index contributed by atoms with van der Waals surface area (Å²) in [6, 6.07) is 9.51. The number of anilines is 1. The first-order chi connectivity index (χ1) is 9.74. The third-order valence-corrected chi connectivity index (χ3v) is 3.89. The zero-order valence-electron chi connectivity index (χ0n) is 10.9. The SMILES string of the molecule is Cc1cccc(SCc2nnc(-c3ccco3)o2)c1N. The molecule has 0 unspecified atom stereocenters. The Labute approximate surface area is 120 Å². The number of aromatic nitrogens is 2. The Morgan fingerprint density at radius 1 is 1.20 bits per heavy atom. The van der Waals surface area contributed by atoms with Crippen LogP contribution >= 0.6 is 11.8 Å². The number of hydrogen-bond donors (Lipinski definition) is 1. The van der Waals surface area contributed by atoms with Crippen LogP contribution in [0.15, 0.2) is 50.3 Å². The van der Waals surface area contributed by atoms with E-state index in [0.29, 0.717) is 23.3 Å². The molecule has 3 aromatic rings. The van der Waals surface area contributed by atoms with Crippen molar-refractivity contribution in [3.05, 3.63) is 48.0 Å². The number of rotatable bonds is 4. The van der Waals surface area contributed by atoms with E-state index in [2.05, 4.69) is 10.2 Å². The molecule has 0 spiro atoms. The van der Waals surface area contributed by atoms with Gasteiger partial charge in [-0.2, -0.15) is 0 Å². The van der Waals surface area contributed by atoms with Crippen molar-refractivity contribution in [2.24, 2.45) is 0 Å². The van der Waals surface area contributed by atoms with Gasteiger partial charge in [0.05, 0.1) is 12.0 Å². The molecule has 2 heterocycles. The highest BCUT2D eigenvalue weighted by molar-refractivity contribution is 7.98. The maximum absolute atomic E-state index is 6.03. The second-order valence-corrected chi connectivity index (χ2v) is 5.27. The third kappa shape index (κ3) is 2.55. The van der Waals surface area contributed by atoms with Crippen molar-refractivity contribution in [2.45, 2.75) is 17.6 Å². The standard InChI is InChI=1S/C14H13N3O2S/c1-9-4-2-6-11(13(9)15)20-8-12-16-17-14(19-12)10-5-3-7-18-10/h2-7H,8,15H2,1H3. The van der Waals surface area contributed by atoms with Crippen molar-refractivity contribution >= 4 is 17.4 Å². The zero-order valence-corrected chi connectivity index (χ0v) is 11.7. The lowest BCUT2D eigenvalue weighted by Crippen LogP contribution is -1.92. The molecule has 0 amide bonds. The maximum Gasteiger partial charge on any atom is 0.283 e. The Morgan fingerprint density at radius 2 is 2.10 bits per heavy atom. The molecule has 2 aromatic heterocycles. The highest BCUT2D eigenvalue weighted by Gasteiger charge is 2.11. The van der Waals surface area contributed by atoms with Crippen LogP contribution in [-0.4, -0.2) is 10.2 Å². The summed E-state index contributed by atoms with van der Waals surface area (Å²) < 4.78 is 10.7. The van der Waals surface area contributed by atoms with Crippen LogP contribution in [-0.2, 0) is 5.75 Å². The number of hydrogen-bond acceptors (Lipinski definition) is 6. The van der Waals surface area contributed by atoms with E-state index in [1.807, 2.05) is 25.1 Å². The topological polar surface area (TPSA) is 78.1 Å². The number of furan rings is 1. The van der Waals surface area contributed by atoms with Gasteiger partial charge in [-0.15, -0.1) is 22.0 Å². The molecule has 0 fully saturated rings. The van der Waals surface area contributed by atoms with Crippen molar-refractivity contribution in [1.29, 1.82) is 0 Å². The van der Waals surface area contributed by atoms with Gasteiger partial charge in [-0.3, -0.25) is 0 Å².